The minimum atomic E-state index is -3.61. The summed E-state index contributed by atoms with van der Waals surface area (Å²) in [6.07, 6.45) is 4.84. The van der Waals surface area contributed by atoms with Gasteiger partial charge in [0.1, 0.15) is 0 Å². The van der Waals surface area contributed by atoms with Crippen molar-refractivity contribution in [3.8, 4) is 0 Å². The Kier molecular flexibility index (Phi) is 4.48. The lowest BCUT2D eigenvalue weighted by Crippen LogP contribution is -2.25. The Labute approximate surface area is 117 Å². The largest absolute Gasteiger partial charge is 0.316 e. The fourth-order valence-electron chi connectivity index (χ4n) is 1.79. The summed E-state index contributed by atoms with van der Waals surface area (Å²) in [4.78, 5) is 3.98. The Morgan fingerprint density at radius 3 is 2.75 bits per heavy atom. The summed E-state index contributed by atoms with van der Waals surface area (Å²) in [7, 11) is -1.87. The molecule has 0 aliphatic heterocycles. The molecule has 7 nitrogen and oxygen atoms in total. The lowest BCUT2D eigenvalue weighted by Gasteiger charge is -2.08. The maximum absolute atomic E-state index is 12.2. The zero-order chi connectivity index (χ0) is 14.6. The standard InChI is InChI=1S/C12H17N5O2S/c1-9-5-14-4-3-10(9)8-16-20(18,19)12-11(6-13-2)7-15-17-12/h3-5,7,13,16H,6,8H2,1-2H3,(H,15,17). The van der Waals surface area contributed by atoms with Crippen molar-refractivity contribution in [2.45, 2.75) is 25.0 Å². The van der Waals surface area contributed by atoms with Crippen molar-refractivity contribution in [2.24, 2.45) is 0 Å². The Morgan fingerprint density at radius 2 is 2.05 bits per heavy atom. The van der Waals surface area contributed by atoms with Crippen molar-refractivity contribution in [1.82, 2.24) is 25.2 Å². The first-order valence-electron chi connectivity index (χ1n) is 6.10. The SMILES string of the molecule is CNCc1cn[nH]c1S(=O)(=O)NCc1ccncc1C. The van der Waals surface area contributed by atoms with E-state index >= 15 is 0 Å². The molecule has 20 heavy (non-hydrogen) atoms. The second-order valence-corrected chi connectivity index (χ2v) is 6.09. The van der Waals surface area contributed by atoms with E-state index in [0.29, 0.717) is 12.1 Å². The molecule has 0 aliphatic rings. The van der Waals surface area contributed by atoms with Gasteiger partial charge in [-0.05, 0) is 31.2 Å². The fourth-order valence-corrected chi connectivity index (χ4v) is 2.93. The summed E-state index contributed by atoms with van der Waals surface area (Å²) in [5, 5.41) is 9.32. The summed E-state index contributed by atoms with van der Waals surface area (Å²) in [5.74, 6) is 0. The van der Waals surface area contributed by atoms with Crippen molar-refractivity contribution in [1.29, 1.82) is 0 Å². The van der Waals surface area contributed by atoms with Crippen molar-refractivity contribution < 1.29 is 8.42 Å². The molecule has 2 heterocycles. The quantitative estimate of drug-likeness (QED) is 0.712. The number of aryl methyl sites for hydroxylation is 1. The minimum absolute atomic E-state index is 0.0959. The van der Waals surface area contributed by atoms with Crippen LogP contribution in [-0.2, 0) is 23.1 Å². The molecule has 2 aromatic heterocycles. The summed E-state index contributed by atoms with van der Waals surface area (Å²) in [6, 6.07) is 1.79. The predicted octanol–water partition coefficient (Wildman–Crippen LogP) is 0.311. The second-order valence-electron chi connectivity index (χ2n) is 4.38. The van der Waals surface area contributed by atoms with Gasteiger partial charge in [0, 0.05) is 31.0 Å². The van der Waals surface area contributed by atoms with Crippen LogP contribution in [0.1, 0.15) is 16.7 Å². The first-order valence-corrected chi connectivity index (χ1v) is 7.59. The van der Waals surface area contributed by atoms with E-state index in [1.165, 1.54) is 6.20 Å². The van der Waals surface area contributed by atoms with Crippen LogP contribution < -0.4 is 10.0 Å². The zero-order valence-electron chi connectivity index (χ0n) is 11.3. The number of aromatic amines is 1. The van der Waals surface area contributed by atoms with Crippen LogP contribution in [-0.4, -0.2) is 30.6 Å². The first kappa shape index (κ1) is 14.6. The van der Waals surface area contributed by atoms with Gasteiger partial charge in [0.2, 0.25) is 0 Å². The summed E-state index contributed by atoms with van der Waals surface area (Å²) < 4.78 is 27.1. The lowest BCUT2D eigenvalue weighted by molar-refractivity contribution is 0.574. The fraction of sp³-hybridized carbons (Fsp3) is 0.333. The Bertz CT molecular complexity index is 681. The van der Waals surface area contributed by atoms with Gasteiger partial charge in [0.15, 0.2) is 5.03 Å². The van der Waals surface area contributed by atoms with Crippen LogP contribution >= 0.6 is 0 Å². The summed E-state index contributed by atoms with van der Waals surface area (Å²) in [6.45, 7) is 2.54. The third-order valence-electron chi connectivity index (χ3n) is 2.90. The molecule has 8 heteroatoms. The molecule has 0 aromatic carbocycles. The maximum atomic E-state index is 12.2. The van der Waals surface area contributed by atoms with Gasteiger partial charge in [0.05, 0.1) is 6.20 Å². The molecule has 0 saturated carbocycles. The normalized spacial score (nSPS) is 11.7. The Balaban J connectivity index is 2.15. The minimum Gasteiger partial charge on any atom is -0.316 e. The molecule has 0 aliphatic carbocycles. The number of hydrogen-bond donors (Lipinski definition) is 3. The van der Waals surface area contributed by atoms with E-state index in [-0.39, 0.29) is 11.6 Å². The predicted molar refractivity (Wildman–Crippen MR) is 74.4 cm³/mol. The average Bonchev–Trinajstić information content (AvgIpc) is 2.87. The highest BCUT2D eigenvalue weighted by Gasteiger charge is 2.20. The Morgan fingerprint density at radius 1 is 1.25 bits per heavy atom. The van der Waals surface area contributed by atoms with E-state index in [1.54, 1.807) is 25.5 Å². The molecule has 108 valence electrons. The number of hydrogen-bond acceptors (Lipinski definition) is 5. The van der Waals surface area contributed by atoms with Gasteiger partial charge in [-0.2, -0.15) is 5.10 Å². The topological polar surface area (TPSA) is 99.8 Å². The molecule has 3 N–H and O–H groups in total. The van der Waals surface area contributed by atoms with Crippen LogP contribution in [0.2, 0.25) is 0 Å². The van der Waals surface area contributed by atoms with Gasteiger partial charge in [0.25, 0.3) is 10.0 Å². The van der Waals surface area contributed by atoms with Gasteiger partial charge >= 0.3 is 0 Å². The van der Waals surface area contributed by atoms with Gasteiger partial charge in [-0.15, -0.1) is 0 Å². The molecule has 0 radical (unpaired) electrons. The molecular formula is C12H17N5O2S. The summed E-state index contributed by atoms with van der Waals surface area (Å²) >= 11 is 0. The van der Waals surface area contributed by atoms with E-state index < -0.39 is 10.0 Å². The monoisotopic (exact) mass is 295 g/mol. The van der Waals surface area contributed by atoms with Crippen LogP contribution in [0, 0.1) is 6.92 Å². The maximum Gasteiger partial charge on any atom is 0.258 e. The second kappa shape index (κ2) is 6.12. The molecule has 2 rings (SSSR count). The molecule has 2 aromatic rings. The number of nitrogens with zero attached hydrogens (tertiary/aromatic N) is 2. The molecule has 0 atom stereocenters. The van der Waals surface area contributed by atoms with Crippen molar-refractivity contribution >= 4 is 10.0 Å². The smallest absolute Gasteiger partial charge is 0.258 e. The molecule has 0 amide bonds. The van der Waals surface area contributed by atoms with Crippen LogP contribution in [0.5, 0.6) is 0 Å². The number of sulfonamides is 1. The van der Waals surface area contributed by atoms with Gasteiger partial charge in [-0.25, -0.2) is 13.1 Å². The van der Waals surface area contributed by atoms with Crippen molar-refractivity contribution in [3.05, 3.63) is 41.3 Å². The molecule has 0 saturated heterocycles. The van der Waals surface area contributed by atoms with Crippen LogP contribution in [0.25, 0.3) is 0 Å². The van der Waals surface area contributed by atoms with Crippen molar-refractivity contribution in [3.63, 3.8) is 0 Å². The average molecular weight is 295 g/mol. The van der Waals surface area contributed by atoms with E-state index in [4.69, 9.17) is 0 Å². The third-order valence-corrected chi connectivity index (χ3v) is 4.32. The van der Waals surface area contributed by atoms with E-state index in [1.807, 2.05) is 6.92 Å². The first-order chi connectivity index (χ1) is 9.54. The zero-order valence-corrected chi connectivity index (χ0v) is 12.2. The van der Waals surface area contributed by atoms with E-state index in [0.717, 1.165) is 11.1 Å². The molecule has 0 fully saturated rings. The van der Waals surface area contributed by atoms with E-state index in [2.05, 4.69) is 25.2 Å². The van der Waals surface area contributed by atoms with E-state index in [9.17, 15) is 8.42 Å². The molecule has 0 bridgehead atoms. The van der Waals surface area contributed by atoms with Gasteiger partial charge < -0.3 is 5.32 Å². The number of nitrogens with one attached hydrogen (secondary N) is 3. The third kappa shape index (κ3) is 3.21. The van der Waals surface area contributed by atoms with Crippen LogP contribution in [0.4, 0.5) is 0 Å². The van der Waals surface area contributed by atoms with Crippen LogP contribution in [0.15, 0.2) is 29.7 Å². The summed E-state index contributed by atoms with van der Waals surface area (Å²) in [5.41, 5.74) is 2.43. The highest BCUT2D eigenvalue weighted by Crippen LogP contribution is 2.13. The number of rotatable bonds is 6. The molecule has 0 unspecified atom stereocenters. The number of H-pyrrole nitrogens is 1. The lowest BCUT2D eigenvalue weighted by atomic mass is 10.2. The molecule has 0 spiro atoms. The highest BCUT2D eigenvalue weighted by atomic mass is 32.2. The number of pyridine rings is 1. The Hall–Kier alpha value is -1.77. The van der Waals surface area contributed by atoms with Crippen molar-refractivity contribution in [2.75, 3.05) is 7.05 Å². The molecular weight excluding hydrogens is 278 g/mol. The van der Waals surface area contributed by atoms with Gasteiger partial charge in [-0.1, -0.05) is 0 Å². The van der Waals surface area contributed by atoms with Crippen LogP contribution in [0.3, 0.4) is 0 Å². The highest BCUT2D eigenvalue weighted by molar-refractivity contribution is 7.89. The number of aromatic nitrogens is 3. The van der Waals surface area contributed by atoms with Gasteiger partial charge in [-0.3, -0.25) is 10.1 Å².